The van der Waals surface area contributed by atoms with Crippen LogP contribution in [0.4, 0.5) is 0 Å². The van der Waals surface area contributed by atoms with Gasteiger partial charge in [0, 0.05) is 38.8 Å². The molecule has 1 fully saturated rings. The average molecular weight is 307 g/mol. The van der Waals surface area contributed by atoms with E-state index in [4.69, 9.17) is 9.47 Å². The maximum absolute atomic E-state index is 11.8. The molecule has 1 N–H and O–H groups in total. The van der Waals surface area contributed by atoms with Crippen LogP contribution in [0.5, 0.6) is 11.5 Å². The molecule has 1 aromatic carbocycles. The van der Waals surface area contributed by atoms with Gasteiger partial charge in [-0.15, -0.1) is 0 Å². The molecule has 6 heteroatoms. The predicted molar refractivity (Wildman–Crippen MR) is 85.4 cm³/mol. The number of hydrogen-bond donors (Lipinski definition) is 1. The minimum Gasteiger partial charge on any atom is -0.497 e. The molecule has 2 rings (SSSR count). The molecule has 0 saturated carbocycles. The summed E-state index contributed by atoms with van der Waals surface area (Å²) in [5, 5.41) is 2.90. The van der Waals surface area contributed by atoms with Crippen molar-refractivity contribution in [1.29, 1.82) is 0 Å². The van der Waals surface area contributed by atoms with E-state index in [0.717, 1.165) is 44.2 Å². The zero-order valence-corrected chi connectivity index (χ0v) is 13.4. The number of ether oxygens (including phenoxy) is 2. The Labute approximate surface area is 132 Å². The first-order valence-corrected chi connectivity index (χ1v) is 7.64. The summed E-state index contributed by atoms with van der Waals surface area (Å²) in [6, 6.07) is 7.62. The molecule has 1 heterocycles. The van der Waals surface area contributed by atoms with Crippen molar-refractivity contribution < 1.29 is 14.3 Å². The van der Waals surface area contributed by atoms with Gasteiger partial charge in [0.15, 0.2) is 0 Å². The fraction of sp³-hybridized carbons (Fsp3) is 0.562. The number of nitrogens with one attached hydrogen (secondary N) is 1. The first kappa shape index (κ1) is 16.6. The summed E-state index contributed by atoms with van der Waals surface area (Å²) in [4.78, 5) is 16.0. The lowest BCUT2D eigenvalue weighted by Crippen LogP contribution is -2.51. The molecule has 1 aliphatic rings. The number of hydrogen-bond acceptors (Lipinski definition) is 5. The molecule has 0 radical (unpaired) electrons. The van der Waals surface area contributed by atoms with E-state index < -0.39 is 0 Å². The highest BCUT2D eigenvalue weighted by atomic mass is 16.5. The number of nitrogens with zero attached hydrogens (tertiary/aromatic N) is 2. The molecule has 6 nitrogen and oxygen atoms in total. The zero-order valence-electron chi connectivity index (χ0n) is 13.4. The Morgan fingerprint density at radius 1 is 1.23 bits per heavy atom. The van der Waals surface area contributed by atoms with Crippen LogP contribution in [0.2, 0.25) is 0 Å². The summed E-state index contributed by atoms with van der Waals surface area (Å²) >= 11 is 0. The minimum atomic E-state index is 0.176. The molecule has 0 bridgehead atoms. The van der Waals surface area contributed by atoms with Gasteiger partial charge in [0.1, 0.15) is 18.1 Å². The van der Waals surface area contributed by atoms with Gasteiger partial charge in [-0.3, -0.25) is 9.69 Å². The van der Waals surface area contributed by atoms with Crippen molar-refractivity contribution in [1.82, 2.24) is 15.1 Å². The van der Waals surface area contributed by atoms with Crippen LogP contribution in [0.1, 0.15) is 0 Å². The summed E-state index contributed by atoms with van der Waals surface area (Å²) in [6.07, 6.45) is 0. The maximum Gasteiger partial charge on any atom is 0.236 e. The second-order valence-electron chi connectivity index (χ2n) is 5.28. The van der Waals surface area contributed by atoms with E-state index in [-0.39, 0.29) is 5.91 Å². The van der Waals surface area contributed by atoms with Crippen molar-refractivity contribution in [3.05, 3.63) is 24.3 Å². The van der Waals surface area contributed by atoms with Gasteiger partial charge in [0.25, 0.3) is 0 Å². The topological polar surface area (TPSA) is 54.0 Å². The Morgan fingerprint density at radius 3 is 2.64 bits per heavy atom. The summed E-state index contributed by atoms with van der Waals surface area (Å²) in [5.74, 6) is 1.80. The predicted octanol–water partition coefficient (Wildman–Crippen LogP) is 0.438. The third-order valence-electron chi connectivity index (χ3n) is 3.77. The van der Waals surface area contributed by atoms with E-state index in [0.29, 0.717) is 13.2 Å². The molecular formula is C16H25N3O3. The quantitative estimate of drug-likeness (QED) is 0.792. The van der Waals surface area contributed by atoms with Crippen molar-refractivity contribution >= 4 is 5.91 Å². The van der Waals surface area contributed by atoms with Crippen LogP contribution < -0.4 is 14.8 Å². The first-order chi connectivity index (χ1) is 10.7. The Bertz CT molecular complexity index is 473. The average Bonchev–Trinajstić information content (AvgIpc) is 2.56. The van der Waals surface area contributed by atoms with Crippen molar-refractivity contribution in [2.24, 2.45) is 0 Å². The van der Waals surface area contributed by atoms with Crippen LogP contribution in [0.3, 0.4) is 0 Å². The van der Waals surface area contributed by atoms with Gasteiger partial charge in [0.2, 0.25) is 5.91 Å². The number of methoxy groups -OCH3 is 1. The lowest BCUT2D eigenvalue weighted by Gasteiger charge is -2.34. The molecule has 0 aromatic heterocycles. The monoisotopic (exact) mass is 307 g/mol. The molecule has 1 saturated heterocycles. The van der Waals surface area contributed by atoms with Gasteiger partial charge in [-0.05, 0) is 19.2 Å². The standard InChI is InChI=1S/C16H25N3O3/c1-17-13-16(20)19-8-6-18(7-9-19)10-11-22-15-5-3-4-14(12-15)21-2/h3-5,12,17H,6-11,13H2,1-2H3. The molecule has 0 spiro atoms. The summed E-state index contributed by atoms with van der Waals surface area (Å²) in [7, 11) is 3.44. The smallest absolute Gasteiger partial charge is 0.236 e. The van der Waals surface area contributed by atoms with Crippen LogP contribution in [-0.4, -0.2) is 75.7 Å². The number of rotatable bonds is 7. The molecule has 1 aromatic rings. The third-order valence-corrected chi connectivity index (χ3v) is 3.77. The summed E-state index contributed by atoms with van der Waals surface area (Å²) in [6.45, 7) is 5.30. The number of amides is 1. The van der Waals surface area contributed by atoms with Crippen molar-refractivity contribution in [3.8, 4) is 11.5 Å². The molecule has 1 aliphatic heterocycles. The van der Waals surface area contributed by atoms with E-state index in [1.807, 2.05) is 29.2 Å². The van der Waals surface area contributed by atoms with Gasteiger partial charge >= 0.3 is 0 Å². The van der Waals surface area contributed by atoms with Gasteiger partial charge in [0.05, 0.1) is 13.7 Å². The van der Waals surface area contributed by atoms with Crippen LogP contribution >= 0.6 is 0 Å². The van der Waals surface area contributed by atoms with Crippen molar-refractivity contribution in [2.75, 3.05) is 60.0 Å². The van der Waals surface area contributed by atoms with Crippen molar-refractivity contribution in [2.45, 2.75) is 0 Å². The maximum atomic E-state index is 11.8. The molecule has 0 atom stereocenters. The Balaban J connectivity index is 1.67. The van der Waals surface area contributed by atoms with Crippen LogP contribution in [0.25, 0.3) is 0 Å². The van der Waals surface area contributed by atoms with Crippen LogP contribution in [-0.2, 0) is 4.79 Å². The highest BCUT2D eigenvalue weighted by Gasteiger charge is 2.20. The molecule has 0 aliphatic carbocycles. The van der Waals surface area contributed by atoms with Gasteiger partial charge in [-0.25, -0.2) is 0 Å². The summed E-state index contributed by atoms with van der Waals surface area (Å²) in [5.41, 5.74) is 0. The van der Waals surface area contributed by atoms with Crippen LogP contribution in [0.15, 0.2) is 24.3 Å². The highest BCUT2D eigenvalue weighted by molar-refractivity contribution is 5.78. The molecule has 0 unspecified atom stereocenters. The van der Waals surface area contributed by atoms with Gasteiger partial charge < -0.3 is 19.7 Å². The second kappa shape index (κ2) is 8.60. The summed E-state index contributed by atoms with van der Waals surface area (Å²) < 4.78 is 10.9. The van der Waals surface area contributed by atoms with E-state index in [1.54, 1.807) is 14.2 Å². The second-order valence-corrected chi connectivity index (χ2v) is 5.28. The van der Waals surface area contributed by atoms with Crippen LogP contribution in [0, 0.1) is 0 Å². The van der Waals surface area contributed by atoms with E-state index in [2.05, 4.69) is 10.2 Å². The zero-order chi connectivity index (χ0) is 15.8. The largest absolute Gasteiger partial charge is 0.497 e. The lowest BCUT2D eigenvalue weighted by atomic mass is 10.3. The Morgan fingerprint density at radius 2 is 1.95 bits per heavy atom. The lowest BCUT2D eigenvalue weighted by molar-refractivity contribution is -0.131. The number of benzene rings is 1. The molecule has 1 amide bonds. The third kappa shape index (κ3) is 4.89. The Hall–Kier alpha value is -1.79. The normalized spacial score (nSPS) is 15.6. The van der Waals surface area contributed by atoms with E-state index >= 15 is 0 Å². The van der Waals surface area contributed by atoms with E-state index in [1.165, 1.54) is 0 Å². The molecular weight excluding hydrogens is 282 g/mol. The van der Waals surface area contributed by atoms with E-state index in [9.17, 15) is 4.79 Å². The fourth-order valence-electron chi connectivity index (χ4n) is 2.47. The Kier molecular flexibility index (Phi) is 6.48. The minimum absolute atomic E-state index is 0.176. The number of piperazine rings is 1. The number of likely N-dealkylation sites (N-methyl/N-ethyl adjacent to an activating group) is 1. The molecule has 22 heavy (non-hydrogen) atoms. The van der Waals surface area contributed by atoms with Gasteiger partial charge in [-0.2, -0.15) is 0 Å². The SMILES string of the molecule is CNCC(=O)N1CCN(CCOc2cccc(OC)c2)CC1. The molecule has 122 valence electrons. The van der Waals surface area contributed by atoms with Crippen molar-refractivity contribution in [3.63, 3.8) is 0 Å². The first-order valence-electron chi connectivity index (χ1n) is 7.64. The highest BCUT2D eigenvalue weighted by Crippen LogP contribution is 2.18. The fourth-order valence-corrected chi connectivity index (χ4v) is 2.47. The number of carbonyl (C=O) groups excluding carboxylic acids is 1. The van der Waals surface area contributed by atoms with Gasteiger partial charge in [-0.1, -0.05) is 6.07 Å². The number of carbonyl (C=O) groups is 1.